The summed E-state index contributed by atoms with van der Waals surface area (Å²) < 4.78 is 0. The van der Waals surface area contributed by atoms with E-state index in [9.17, 15) is 0 Å². The van der Waals surface area contributed by atoms with E-state index >= 15 is 0 Å². The van der Waals surface area contributed by atoms with Crippen LogP contribution in [0.4, 0.5) is 0 Å². The summed E-state index contributed by atoms with van der Waals surface area (Å²) in [5.41, 5.74) is 3.78. The first-order chi connectivity index (χ1) is 7.01. The first-order valence-corrected chi connectivity index (χ1v) is 6.34. The molecule has 0 amide bonds. The number of rotatable bonds is 0. The second kappa shape index (κ2) is 3.81. The molecule has 0 aromatic heterocycles. The third-order valence-corrected chi connectivity index (χ3v) is 4.48. The van der Waals surface area contributed by atoms with Gasteiger partial charge in [0, 0.05) is 0 Å². The quantitative estimate of drug-likeness (QED) is 0.501. The van der Waals surface area contributed by atoms with Crippen molar-refractivity contribution in [2.45, 2.75) is 53.4 Å². The molecule has 0 unspecified atom stereocenters. The van der Waals surface area contributed by atoms with Crippen molar-refractivity contribution in [3.05, 3.63) is 23.3 Å². The van der Waals surface area contributed by atoms with Crippen LogP contribution >= 0.6 is 0 Å². The minimum atomic E-state index is 0.575. The van der Waals surface area contributed by atoms with E-state index in [1.54, 1.807) is 11.1 Å². The first-order valence-electron chi connectivity index (χ1n) is 6.34. The van der Waals surface area contributed by atoms with Gasteiger partial charge in [-0.3, -0.25) is 0 Å². The van der Waals surface area contributed by atoms with Crippen molar-refractivity contribution >= 4 is 0 Å². The first kappa shape index (κ1) is 11.0. The topological polar surface area (TPSA) is 0 Å². The van der Waals surface area contributed by atoms with Gasteiger partial charge in [0.25, 0.3) is 0 Å². The van der Waals surface area contributed by atoms with E-state index in [2.05, 4.69) is 39.8 Å². The maximum atomic E-state index is 2.55. The monoisotopic (exact) mass is 204 g/mol. The smallest absolute Gasteiger partial charge is 0.0143 e. The van der Waals surface area contributed by atoms with Gasteiger partial charge in [0.15, 0.2) is 0 Å². The maximum absolute atomic E-state index is 2.55. The summed E-state index contributed by atoms with van der Waals surface area (Å²) in [6, 6.07) is 0. The number of hydrogen-bond donors (Lipinski definition) is 0. The molecule has 1 fully saturated rings. The lowest BCUT2D eigenvalue weighted by Crippen LogP contribution is -1.90. The van der Waals surface area contributed by atoms with Gasteiger partial charge in [0.1, 0.15) is 0 Å². The molecule has 0 aliphatic heterocycles. The number of hydrogen-bond acceptors (Lipinski definition) is 0. The molecular weight excluding hydrogens is 180 g/mol. The van der Waals surface area contributed by atoms with Crippen molar-refractivity contribution < 1.29 is 0 Å². The van der Waals surface area contributed by atoms with E-state index < -0.39 is 0 Å². The summed E-state index contributed by atoms with van der Waals surface area (Å²) in [4.78, 5) is 0. The van der Waals surface area contributed by atoms with Gasteiger partial charge in [0.2, 0.25) is 0 Å². The molecule has 0 spiro atoms. The lowest BCUT2D eigenvalue weighted by molar-refractivity contribution is 0.528. The van der Waals surface area contributed by atoms with Gasteiger partial charge in [0.05, 0.1) is 0 Å². The molecule has 1 saturated carbocycles. The zero-order chi connectivity index (χ0) is 11.1. The van der Waals surface area contributed by atoms with Crippen molar-refractivity contribution in [3.8, 4) is 0 Å². The van der Waals surface area contributed by atoms with E-state index in [0.717, 1.165) is 11.8 Å². The highest BCUT2D eigenvalue weighted by Gasteiger charge is 2.55. The molecule has 2 aliphatic carbocycles. The second-order valence-corrected chi connectivity index (χ2v) is 6.09. The average Bonchev–Trinajstić information content (AvgIpc) is 2.65. The van der Waals surface area contributed by atoms with E-state index in [1.807, 2.05) is 0 Å². The molecule has 2 aliphatic rings. The molecule has 0 heterocycles. The average molecular weight is 204 g/mol. The van der Waals surface area contributed by atoms with Crippen LogP contribution < -0.4 is 0 Å². The van der Waals surface area contributed by atoms with Gasteiger partial charge >= 0.3 is 0 Å². The molecule has 0 N–H and O–H groups in total. The predicted molar refractivity (Wildman–Crippen MR) is 66.7 cm³/mol. The molecular formula is C15H24. The molecule has 0 saturated heterocycles. The Bertz CT molecular complexity index is 304. The van der Waals surface area contributed by atoms with Crippen LogP contribution in [0, 0.1) is 17.3 Å². The second-order valence-electron chi connectivity index (χ2n) is 6.09. The molecule has 0 heteroatoms. The molecule has 0 aromatic carbocycles. The lowest BCUT2D eigenvalue weighted by atomic mass is 10.0. The highest BCUT2D eigenvalue weighted by molar-refractivity contribution is 5.19. The van der Waals surface area contributed by atoms with E-state index in [4.69, 9.17) is 0 Å². The summed E-state index contributed by atoms with van der Waals surface area (Å²) in [7, 11) is 0. The molecule has 0 radical (unpaired) electrons. The summed E-state index contributed by atoms with van der Waals surface area (Å²) in [6.45, 7) is 9.47. The van der Waals surface area contributed by atoms with Crippen LogP contribution in [0.15, 0.2) is 23.3 Å². The van der Waals surface area contributed by atoms with Gasteiger partial charge in [-0.2, -0.15) is 0 Å². The molecule has 2 atom stereocenters. The van der Waals surface area contributed by atoms with Crippen molar-refractivity contribution in [1.82, 2.24) is 0 Å². The molecule has 2 rings (SSSR count). The SMILES string of the molecule is C/C1=C/CC/C(C)=C/[C@@H]2[C@H](CC1)C2(C)C. The van der Waals surface area contributed by atoms with Gasteiger partial charge in [-0.05, 0) is 56.8 Å². The molecule has 0 bridgehead atoms. The third-order valence-electron chi connectivity index (χ3n) is 4.48. The van der Waals surface area contributed by atoms with E-state index in [0.29, 0.717) is 5.41 Å². The Kier molecular flexibility index (Phi) is 2.79. The standard InChI is InChI=1S/C15H24/c1-11-6-5-7-12(2)10-14-13(9-8-11)15(14,3)4/h6,10,13-14H,5,7-9H2,1-4H3/b11-6-,12-10+/t13-,14+/m0/s1. The fraction of sp³-hybridized carbons (Fsp3) is 0.733. The van der Waals surface area contributed by atoms with Crippen molar-refractivity contribution in [2.24, 2.45) is 17.3 Å². The van der Waals surface area contributed by atoms with Crippen LogP contribution in [-0.4, -0.2) is 0 Å². The Morgan fingerprint density at radius 1 is 1.13 bits per heavy atom. The molecule has 0 aromatic rings. The lowest BCUT2D eigenvalue weighted by Gasteiger charge is -2.05. The van der Waals surface area contributed by atoms with Crippen LogP contribution in [0.1, 0.15) is 53.4 Å². The van der Waals surface area contributed by atoms with Crippen LogP contribution in [0.3, 0.4) is 0 Å². The van der Waals surface area contributed by atoms with Gasteiger partial charge in [-0.25, -0.2) is 0 Å². The van der Waals surface area contributed by atoms with Crippen LogP contribution in [0.2, 0.25) is 0 Å². The number of fused-ring (bicyclic) bond motifs is 1. The fourth-order valence-electron chi connectivity index (χ4n) is 3.09. The Balaban J connectivity index is 2.13. The van der Waals surface area contributed by atoms with E-state index in [-0.39, 0.29) is 0 Å². The van der Waals surface area contributed by atoms with Gasteiger partial charge in [-0.1, -0.05) is 37.1 Å². The fourth-order valence-corrected chi connectivity index (χ4v) is 3.09. The highest BCUT2D eigenvalue weighted by Crippen LogP contribution is 2.61. The van der Waals surface area contributed by atoms with Crippen LogP contribution in [0.25, 0.3) is 0 Å². The molecule has 0 nitrogen and oxygen atoms in total. The highest BCUT2D eigenvalue weighted by atomic mass is 14.6. The molecule has 15 heavy (non-hydrogen) atoms. The van der Waals surface area contributed by atoms with Gasteiger partial charge < -0.3 is 0 Å². The zero-order valence-electron chi connectivity index (χ0n) is 10.6. The number of allylic oxidation sites excluding steroid dienone is 4. The van der Waals surface area contributed by atoms with Crippen LogP contribution in [-0.2, 0) is 0 Å². The Labute approximate surface area is 94.5 Å². The van der Waals surface area contributed by atoms with Crippen LogP contribution in [0.5, 0.6) is 0 Å². The van der Waals surface area contributed by atoms with Crippen molar-refractivity contribution in [1.29, 1.82) is 0 Å². The van der Waals surface area contributed by atoms with E-state index in [1.165, 1.54) is 25.7 Å². The predicted octanol–water partition coefficient (Wildman–Crippen LogP) is 4.73. The maximum Gasteiger partial charge on any atom is -0.0143 e. The minimum Gasteiger partial charge on any atom is -0.0853 e. The summed E-state index contributed by atoms with van der Waals surface area (Å²) in [5, 5.41) is 0. The Morgan fingerprint density at radius 3 is 2.60 bits per heavy atom. The summed E-state index contributed by atoms with van der Waals surface area (Å²) in [6.07, 6.45) is 10.2. The largest absolute Gasteiger partial charge is 0.0853 e. The third kappa shape index (κ3) is 2.19. The van der Waals surface area contributed by atoms with Gasteiger partial charge in [-0.15, -0.1) is 0 Å². The summed E-state index contributed by atoms with van der Waals surface area (Å²) >= 11 is 0. The summed E-state index contributed by atoms with van der Waals surface area (Å²) in [5.74, 6) is 1.80. The Hall–Kier alpha value is -0.520. The minimum absolute atomic E-state index is 0.575. The molecule has 84 valence electrons. The Morgan fingerprint density at radius 2 is 1.87 bits per heavy atom. The van der Waals surface area contributed by atoms with Crippen molar-refractivity contribution in [2.75, 3.05) is 0 Å². The zero-order valence-corrected chi connectivity index (χ0v) is 10.6. The van der Waals surface area contributed by atoms with Crippen molar-refractivity contribution in [3.63, 3.8) is 0 Å². The normalized spacial score (nSPS) is 41.9.